The van der Waals surface area contributed by atoms with Crippen LogP contribution in [0.25, 0.3) is 16.9 Å². The van der Waals surface area contributed by atoms with E-state index in [9.17, 15) is 34.8 Å². The molecule has 3 atom stereocenters. The minimum absolute atomic E-state index is 0.00767. The fourth-order valence-corrected chi connectivity index (χ4v) is 6.22. The number of carbonyl (C=O) groups is 3. The van der Waals surface area contributed by atoms with Crippen molar-refractivity contribution in [1.29, 1.82) is 0 Å². The lowest BCUT2D eigenvalue weighted by Crippen LogP contribution is -2.58. The summed E-state index contributed by atoms with van der Waals surface area (Å²) < 4.78 is 5.22. The van der Waals surface area contributed by atoms with E-state index in [2.05, 4.69) is 0 Å². The Hall–Kier alpha value is -4.11. The molecule has 1 saturated carbocycles. The van der Waals surface area contributed by atoms with Crippen LogP contribution in [0.15, 0.2) is 47.2 Å². The molecule has 9 heteroatoms. The largest absolute Gasteiger partial charge is 0.508 e. The minimum atomic E-state index is -2.58. The maximum atomic E-state index is 13.8. The SMILES string of the molecule is COc1ccc(-c2cc(C(C)C)c3c(c2O)C(O)=C2C(=O)[C@]4(O)C(O)=C(C(N)=O)C(=O)C[C@@H]4C[C@@H]2C3)cc1. The predicted molar refractivity (Wildman–Crippen MR) is 137 cm³/mol. The van der Waals surface area contributed by atoms with Crippen LogP contribution in [0.2, 0.25) is 0 Å². The van der Waals surface area contributed by atoms with Gasteiger partial charge in [-0.3, -0.25) is 14.4 Å². The quantitative estimate of drug-likeness (QED) is 0.384. The van der Waals surface area contributed by atoms with Crippen molar-refractivity contribution >= 4 is 23.2 Å². The van der Waals surface area contributed by atoms with Crippen molar-refractivity contribution in [2.24, 2.45) is 17.6 Å². The number of ether oxygens (including phenoxy) is 1. The number of aliphatic hydroxyl groups excluding tert-OH is 2. The van der Waals surface area contributed by atoms with Crippen LogP contribution in [0.3, 0.4) is 0 Å². The number of primary amides is 1. The third-order valence-electron chi connectivity index (χ3n) is 8.12. The van der Waals surface area contributed by atoms with Crippen LogP contribution in [-0.2, 0) is 20.8 Å². The summed E-state index contributed by atoms with van der Waals surface area (Å²) in [4.78, 5) is 38.1. The van der Waals surface area contributed by atoms with Gasteiger partial charge in [-0.2, -0.15) is 0 Å². The second kappa shape index (κ2) is 8.73. The molecule has 2 aromatic carbocycles. The number of nitrogens with two attached hydrogens (primary N) is 1. The lowest BCUT2D eigenvalue weighted by atomic mass is 9.59. The molecule has 9 nitrogen and oxygen atoms in total. The minimum Gasteiger partial charge on any atom is -0.508 e. The van der Waals surface area contributed by atoms with Crippen LogP contribution in [0.1, 0.15) is 49.3 Å². The number of aromatic hydroxyl groups is 1. The highest BCUT2D eigenvalue weighted by molar-refractivity contribution is 6.22. The first-order valence-electron chi connectivity index (χ1n) is 12.4. The van der Waals surface area contributed by atoms with Crippen molar-refractivity contribution in [1.82, 2.24) is 0 Å². The summed E-state index contributed by atoms with van der Waals surface area (Å²) in [5.74, 6) is -5.72. The first kappa shape index (κ1) is 25.5. The number of hydrogen-bond donors (Lipinski definition) is 5. The lowest BCUT2D eigenvalue weighted by molar-refractivity contribution is -0.147. The molecule has 0 aromatic heterocycles. The number of Topliss-reactive ketones (excluding diaryl/α,β-unsaturated/α-hetero) is 2. The van der Waals surface area contributed by atoms with Crippen LogP contribution in [0, 0.1) is 11.8 Å². The number of aliphatic hydroxyl groups is 3. The fourth-order valence-electron chi connectivity index (χ4n) is 6.22. The van der Waals surface area contributed by atoms with Gasteiger partial charge in [0.05, 0.1) is 12.7 Å². The van der Waals surface area contributed by atoms with E-state index >= 15 is 0 Å². The third-order valence-corrected chi connectivity index (χ3v) is 8.12. The second-order valence-electron chi connectivity index (χ2n) is 10.5. The average molecular weight is 520 g/mol. The van der Waals surface area contributed by atoms with Gasteiger partial charge in [0.15, 0.2) is 11.4 Å². The summed E-state index contributed by atoms with van der Waals surface area (Å²) in [5, 5.41) is 45.1. The smallest absolute Gasteiger partial charge is 0.255 e. The zero-order chi connectivity index (χ0) is 27.7. The number of rotatable bonds is 4. The summed E-state index contributed by atoms with van der Waals surface area (Å²) >= 11 is 0. The molecule has 2 aromatic rings. The van der Waals surface area contributed by atoms with Gasteiger partial charge in [-0.05, 0) is 59.6 Å². The topological polar surface area (TPSA) is 167 Å². The van der Waals surface area contributed by atoms with Crippen LogP contribution < -0.4 is 10.5 Å². The number of phenolic OH excluding ortho intramolecular Hbond substituents is 1. The Kier molecular flexibility index (Phi) is 5.87. The molecule has 3 aliphatic carbocycles. The first-order valence-corrected chi connectivity index (χ1v) is 12.4. The number of phenols is 1. The monoisotopic (exact) mass is 519 g/mol. The molecule has 1 fully saturated rings. The molecule has 3 aliphatic rings. The standard InChI is InChI=1S/C29H29NO8/c1-12(2)17-11-18(13-4-6-16(38-3)7-5-13)24(32)22-19(17)9-14-8-15-10-20(31)23(28(30)36)27(35)29(15,37)26(34)21(14)25(22)33/h4-7,11-12,14-15,32-33,35,37H,8-10H2,1-3H3,(H2,30,36)/t14-,15+,29+/m1/s1. The number of hydrogen-bond acceptors (Lipinski definition) is 8. The Bertz CT molecular complexity index is 1470. The summed E-state index contributed by atoms with van der Waals surface area (Å²) in [7, 11) is 1.55. The van der Waals surface area contributed by atoms with Gasteiger partial charge in [0, 0.05) is 23.5 Å². The zero-order valence-electron chi connectivity index (χ0n) is 21.2. The maximum Gasteiger partial charge on any atom is 0.255 e. The Morgan fingerprint density at radius 3 is 2.34 bits per heavy atom. The van der Waals surface area contributed by atoms with Gasteiger partial charge in [-0.15, -0.1) is 0 Å². The van der Waals surface area contributed by atoms with Crippen LogP contribution in [0.4, 0.5) is 0 Å². The molecule has 0 radical (unpaired) electrons. The molecule has 0 heterocycles. The Balaban J connectivity index is 1.73. The van der Waals surface area contributed by atoms with Crippen molar-refractivity contribution in [3.8, 4) is 22.6 Å². The highest BCUT2D eigenvalue weighted by Crippen LogP contribution is 2.54. The zero-order valence-corrected chi connectivity index (χ0v) is 21.2. The molecule has 0 saturated heterocycles. The predicted octanol–water partition coefficient (Wildman–Crippen LogP) is 3.22. The molecule has 6 N–H and O–H groups in total. The molecule has 198 valence electrons. The molecule has 5 rings (SSSR count). The van der Waals surface area contributed by atoms with Gasteiger partial charge in [0.2, 0.25) is 5.78 Å². The highest BCUT2D eigenvalue weighted by Gasteiger charge is 2.60. The summed E-state index contributed by atoms with van der Waals surface area (Å²) in [5.41, 5.74) is 4.46. The van der Waals surface area contributed by atoms with E-state index < -0.39 is 52.0 Å². The van der Waals surface area contributed by atoms with Crippen molar-refractivity contribution in [2.45, 2.75) is 44.6 Å². The van der Waals surface area contributed by atoms with Gasteiger partial charge < -0.3 is 30.9 Å². The molecular formula is C29H29NO8. The maximum absolute atomic E-state index is 13.8. The van der Waals surface area contributed by atoms with Crippen molar-refractivity contribution in [2.75, 3.05) is 7.11 Å². The normalized spacial score (nSPS) is 24.8. The van der Waals surface area contributed by atoms with Crippen molar-refractivity contribution in [3.63, 3.8) is 0 Å². The van der Waals surface area contributed by atoms with E-state index in [-0.39, 0.29) is 42.1 Å². The van der Waals surface area contributed by atoms with E-state index in [0.717, 1.165) is 5.56 Å². The van der Waals surface area contributed by atoms with Gasteiger partial charge in [0.1, 0.15) is 28.6 Å². The number of fused-ring (bicyclic) bond motifs is 3. The number of methoxy groups -OCH3 is 1. The first-order chi connectivity index (χ1) is 17.9. The summed E-state index contributed by atoms with van der Waals surface area (Å²) in [6.07, 6.45) is 0.0282. The molecule has 0 spiro atoms. The van der Waals surface area contributed by atoms with Gasteiger partial charge in [0.25, 0.3) is 5.91 Å². The average Bonchev–Trinajstić information content (AvgIpc) is 2.86. The summed E-state index contributed by atoms with van der Waals surface area (Å²) in [6.45, 7) is 3.97. The van der Waals surface area contributed by atoms with Gasteiger partial charge in [-0.1, -0.05) is 26.0 Å². The number of amides is 1. The van der Waals surface area contributed by atoms with Crippen molar-refractivity contribution in [3.05, 3.63) is 63.9 Å². The number of carbonyl (C=O) groups excluding carboxylic acids is 3. The Morgan fingerprint density at radius 1 is 1.11 bits per heavy atom. The van der Waals surface area contributed by atoms with E-state index in [1.165, 1.54) is 0 Å². The van der Waals surface area contributed by atoms with E-state index in [1.54, 1.807) is 31.4 Å². The van der Waals surface area contributed by atoms with Crippen LogP contribution >= 0.6 is 0 Å². The fraction of sp³-hybridized carbons (Fsp3) is 0.345. The van der Waals surface area contributed by atoms with Crippen LogP contribution in [-0.4, -0.2) is 50.6 Å². The summed E-state index contributed by atoms with van der Waals surface area (Å²) in [6, 6.07) is 8.90. The van der Waals surface area contributed by atoms with Gasteiger partial charge >= 0.3 is 0 Å². The van der Waals surface area contributed by atoms with E-state index in [4.69, 9.17) is 10.5 Å². The van der Waals surface area contributed by atoms with E-state index in [1.807, 2.05) is 19.9 Å². The number of benzene rings is 2. The Labute approximate surface area is 218 Å². The second-order valence-corrected chi connectivity index (χ2v) is 10.5. The molecule has 38 heavy (non-hydrogen) atoms. The van der Waals surface area contributed by atoms with Crippen molar-refractivity contribution < 1.29 is 39.5 Å². The van der Waals surface area contributed by atoms with Crippen LogP contribution in [0.5, 0.6) is 11.5 Å². The third kappa shape index (κ3) is 3.45. The number of ketones is 2. The molecule has 0 bridgehead atoms. The van der Waals surface area contributed by atoms with Gasteiger partial charge in [-0.25, -0.2) is 0 Å². The molecule has 0 aliphatic heterocycles. The highest BCUT2D eigenvalue weighted by atomic mass is 16.5. The lowest BCUT2D eigenvalue weighted by Gasteiger charge is -2.46. The Morgan fingerprint density at radius 2 is 1.76 bits per heavy atom. The van der Waals surface area contributed by atoms with E-state index in [0.29, 0.717) is 22.4 Å². The molecular weight excluding hydrogens is 490 g/mol. The molecule has 0 unspecified atom stereocenters. The molecule has 1 amide bonds.